The van der Waals surface area contributed by atoms with E-state index in [1.807, 2.05) is 60.8 Å². The number of thiazole rings is 1. The summed E-state index contributed by atoms with van der Waals surface area (Å²) < 4.78 is 1.05. The molecule has 2 aromatic carbocycles. The average molecular weight is 403 g/mol. The van der Waals surface area contributed by atoms with E-state index in [-0.39, 0.29) is 5.91 Å². The van der Waals surface area contributed by atoms with Gasteiger partial charge < -0.3 is 0 Å². The van der Waals surface area contributed by atoms with Gasteiger partial charge in [0.25, 0.3) is 5.91 Å². The highest BCUT2D eigenvalue weighted by atomic mass is 32.1. The fourth-order valence-corrected chi connectivity index (χ4v) is 4.90. The first kappa shape index (κ1) is 18.2. The molecular formula is C23H22N4OS. The van der Waals surface area contributed by atoms with Crippen LogP contribution < -0.4 is 5.01 Å². The number of carbonyl (C=O) groups is 1. The summed E-state index contributed by atoms with van der Waals surface area (Å²) in [5, 5.41) is 6.78. The van der Waals surface area contributed by atoms with Crippen molar-refractivity contribution in [3.63, 3.8) is 0 Å². The van der Waals surface area contributed by atoms with Gasteiger partial charge in [0, 0.05) is 12.3 Å². The van der Waals surface area contributed by atoms with E-state index in [1.165, 1.54) is 35.6 Å². The lowest BCUT2D eigenvalue weighted by molar-refractivity contribution is -0.118. The zero-order valence-electron chi connectivity index (χ0n) is 16.1. The quantitative estimate of drug-likeness (QED) is 0.572. The Morgan fingerprint density at radius 3 is 2.55 bits per heavy atom. The summed E-state index contributed by atoms with van der Waals surface area (Å²) in [5.74, 6) is -0.547. The van der Waals surface area contributed by atoms with Gasteiger partial charge in [-0.15, -0.1) is 0 Å². The number of rotatable bonds is 4. The van der Waals surface area contributed by atoms with Crippen LogP contribution in [0, 0.1) is 5.92 Å². The summed E-state index contributed by atoms with van der Waals surface area (Å²) in [6, 6.07) is 18.1. The number of para-hydroxylation sites is 1. The number of nitrogens with zero attached hydrogens (tertiary/aromatic N) is 4. The molecule has 3 aromatic rings. The van der Waals surface area contributed by atoms with Crippen molar-refractivity contribution < 1.29 is 4.79 Å². The van der Waals surface area contributed by atoms with Crippen molar-refractivity contribution in [2.24, 2.45) is 16.0 Å². The second-order valence-electron chi connectivity index (χ2n) is 7.53. The van der Waals surface area contributed by atoms with Crippen molar-refractivity contribution in [2.75, 3.05) is 5.01 Å². The lowest BCUT2D eigenvalue weighted by atomic mass is 9.95. The molecule has 1 fully saturated rings. The number of hydrogen-bond acceptors (Lipinski definition) is 5. The predicted molar refractivity (Wildman–Crippen MR) is 119 cm³/mol. The van der Waals surface area contributed by atoms with Gasteiger partial charge in [-0.25, -0.2) is 4.98 Å². The third kappa shape index (κ3) is 3.60. The molecule has 0 saturated heterocycles. The van der Waals surface area contributed by atoms with Gasteiger partial charge in [0.2, 0.25) is 5.13 Å². The van der Waals surface area contributed by atoms with E-state index in [1.54, 1.807) is 0 Å². The molecule has 5 rings (SSSR count). The standard InChI is InChI=1S/C23H22N4OS/c28-22-18(15-24-17-11-5-2-6-12-17)21(16-9-3-1-4-10-16)26-27(22)23-25-19-13-7-8-14-20(19)29-23/h1,3-4,7-10,13-15,17-18H,2,5-6,11-12H2. The SMILES string of the molecule is O=C1C(C=NC2CCCCC2)C(c2ccccc2)=NN1c1nc2ccccc2s1. The van der Waals surface area contributed by atoms with Crippen LogP contribution in [0.2, 0.25) is 0 Å². The van der Waals surface area contributed by atoms with Crippen LogP contribution in [-0.2, 0) is 4.79 Å². The van der Waals surface area contributed by atoms with Crippen molar-refractivity contribution in [1.82, 2.24) is 4.98 Å². The maximum atomic E-state index is 13.3. The third-order valence-corrected chi connectivity index (χ3v) is 6.54. The Balaban J connectivity index is 1.50. The molecule has 1 atom stereocenters. The smallest absolute Gasteiger partial charge is 0.264 e. The molecule has 0 spiro atoms. The molecule has 2 aliphatic rings. The highest BCUT2D eigenvalue weighted by molar-refractivity contribution is 7.22. The molecule has 1 unspecified atom stereocenters. The minimum Gasteiger partial charge on any atom is -0.293 e. The molecule has 6 heteroatoms. The largest absolute Gasteiger partial charge is 0.293 e. The first-order chi connectivity index (χ1) is 14.3. The number of fused-ring (bicyclic) bond motifs is 1. The second-order valence-corrected chi connectivity index (χ2v) is 8.54. The van der Waals surface area contributed by atoms with E-state index in [0.29, 0.717) is 11.2 Å². The molecule has 2 heterocycles. The molecule has 1 amide bonds. The molecule has 1 aliphatic heterocycles. The number of benzene rings is 2. The molecule has 146 valence electrons. The van der Waals surface area contributed by atoms with Gasteiger partial charge in [0.05, 0.1) is 15.9 Å². The number of hydrogen-bond donors (Lipinski definition) is 0. The molecule has 0 bridgehead atoms. The van der Waals surface area contributed by atoms with E-state index in [0.717, 1.165) is 34.3 Å². The number of hydrazone groups is 1. The topological polar surface area (TPSA) is 57.9 Å². The summed E-state index contributed by atoms with van der Waals surface area (Å²) >= 11 is 1.49. The van der Waals surface area contributed by atoms with Gasteiger partial charge in [-0.3, -0.25) is 9.79 Å². The zero-order chi connectivity index (χ0) is 19.6. The summed E-state index contributed by atoms with van der Waals surface area (Å²) in [7, 11) is 0. The van der Waals surface area contributed by atoms with E-state index in [4.69, 9.17) is 10.1 Å². The Hall–Kier alpha value is -2.86. The Morgan fingerprint density at radius 2 is 1.76 bits per heavy atom. The molecule has 5 nitrogen and oxygen atoms in total. The second kappa shape index (κ2) is 7.87. The van der Waals surface area contributed by atoms with Crippen LogP contribution in [0.5, 0.6) is 0 Å². The zero-order valence-corrected chi connectivity index (χ0v) is 16.9. The van der Waals surface area contributed by atoms with Crippen LogP contribution >= 0.6 is 11.3 Å². The summed E-state index contributed by atoms with van der Waals surface area (Å²) in [6.07, 6.45) is 7.78. The van der Waals surface area contributed by atoms with Gasteiger partial charge in [-0.05, 0) is 30.5 Å². The summed E-state index contributed by atoms with van der Waals surface area (Å²) in [5.41, 5.74) is 2.58. The fraction of sp³-hybridized carbons (Fsp3) is 0.304. The molecule has 0 radical (unpaired) electrons. The molecule has 0 N–H and O–H groups in total. The molecule has 29 heavy (non-hydrogen) atoms. The van der Waals surface area contributed by atoms with Crippen LogP contribution in [0.1, 0.15) is 37.7 Å². The van der Waals surface area contributed by atoms with Crippen LogP contribution in [0.4, 0.5) is 5.13 Å². The van der Waals surface area contributed by atoms with Crippen molar-refractivity contribution in [2.45, 2.75) is 38.1 Å². The van der Waals surface area contributed by atoms with E-state index in [2.05, 4.69) is 4.98 Å². The van der Waals surface area contributed by atoms with Gasteiger partial charge in [0.1, 0.15) is 5.92 Å². The fourth-order valence-electron chi connectivity index (χ4n) is 3.97. The van der Waals surface area contributed by atoms with Crippen LogP contribution in [-0.4, -0.2) is 28.9 Å². The minimum atomic E-state index is -0.466. The molecular weight excluding hydrogens is 380 g/mol. The van der Waals surface area contributed by atoms with Gasteiger partial charge in [-0.1, -0.05) is 73.1 Å². The Bertz CT molecular complexity index is 1050. The third-order valence-electron chi connectivity index (χ3n) is 5.53. The Labute approximate surface area is 173 Å². The van der Waals surface area contributed by atoms with Crippen LogP contribution in [0.3, 0.4) is 0 Å². The summed E-state index contributed by atoms with van der Waals surface area (Å²) in [4.78, 5) is 22.7. The van der Waals surface area contributed by atoms with E-state index < -0.39 is 5.92 Å². The monoisotopic (exact) mass is 402 g/mol. The number of aromatic nitrogens is 1. The van der Waals surface area contributed by atoms with Crippen molar-refractivity contribution in [3.8, 4) is 0 Å². The van der Waals surface area contributed by atoms with Crippen molar-refractivity contribution >= 4 is 44.5 Å². The molecule has 1 saturated carbocycles. The van der Waals surface area contributed by atoms with E-state index in [9.17, 15) is 4.79 Å². The van der Waals surface area contributed by atoms with Crippen LogP contribution in [0.15, 0.2) is 64.7 Å². The minimum absolute atomic E-state index is 0.0810. The van der Waals surface area contributed by atoms with Crippen molar-refractivity contribution in [1.29, 1.82) is 0 Å². The highest BCUT2D eigenvalue weighted by Gasteiger charge is 2.38. The maximum absolute atomic E-state index is 13.3. The first-order valence-electron chi connectivity index (χ1n) is 10.2. The highest BCUT2D eigenvalue weighted by Crippen LogP contribution is 2.33. The first-order valence-corrected chi connectivity index (χ1v) is 11.0. The van der Waals surface area contributed by atoms with Gasteiger partial charge >= 0.3 is 0 Å². The van der Waals surface area contributed by atoms with Crippen LogP contribution in [0.25, 0.3) is 10.2 Å². The summed E-state index contributed by atoms with van der Waals surface area (Å²) in [6.45, 7) is 0. The number of aliphatic imine (C=N–C) groups is 1. The van der Waals surface area contributed by atoms with E-state index >= 15 is 0 Å². The number of carbonyl (C=O) groups excluding carboxylic acids is 1. The predicted octanol–water partition coefficient (Wildman–Crippen LogP) is 5.07. The normalized spacial score (nSPS) is 20.7. The molecule has 1 aromatic heterocycles. The lowest BCUT2D eigenvalue weighted by Crippen LogP contribution is -2.29. The van der Waals surface area contributed by atoms with Gasteiger partial charge in [-0.2, -0.15) is 10.1 Å². The Morgan fingerprint density at radius 1 is 1.00 bits per heavy atom. The Kier molecular flexibility index (Phi) is 4.94. The maximum Gasteiger partial charge on any atom is 0.264 e. The molecule has 1 aliphatic carbocycles. The van der Waals surface area contributed by atoms with Gasteiger partial charge in [0.15, 0.2) is 0 Å². The average Bonchev–Trinajstić information content (AvgIpc) is 3.34. The number of anilines is 1. The van der Waals surface area contributed by atoms with Crippen molar-refractivity contribution in [3.05, 3.63) is 60.2 Å². The lowest BCUT2D eigenvalue weighted by Gasteiger charge is -2.18. The number of amides is 1.